The Balaban J connectivity index is 1.88. The topological polar surface area (TPSA) is 94.4 Å². The van der Waals surface area contributed by atoms with Crippen LogP contribution >= 0.6 is 34.5 Å². The number of anilines is 1. The van der Waals surface area contributed by atoms with E-state index in [2.05, 4.69) is 10.3 Å². The smallest absolute Gasteiger partial charge is 0.270 e. The molecule has 7 nitrogen and oxygen atoms in total. The summed E-state index contributed by atoms with van der Waals surface area (Å²) in [6.07, 6.45) is 0. The molecule has 1 aromatic heterocycles. The second-order valence-corrected chi connectivity index (χ2v) is 6.69. The van der Waals surface area contributed by atoms with E-state index in [1.54, 1.807) is 12.1 Å². The lowest BCUT2D eigenvalue weighted by atomic mass is 10.2. The first kappa shape index (κ1) is 17.4. The number of amides is 1. The number of carbonyl (C=O) groups excluding carboxylic acids is 1. The van der Waals surface area contributed by atoms with Crippen LogP contribution in [0.25, 0.3) is 10.2 Å². The average molecular weight is 398 g/mol. The fourth-order valence-corrected chi connectivity index (χ4v) is 3.47. The number of nitro groups is 1. The summed E-state index contributed by atoms with van der Waals surface area (Å²) in [6, 6.07) is 7.00. The predicted octanol–water partition coefficient (Wildman–Crippen LogP) is 4.77. The Kier molecular flexibility index (Phi) is 4.76. The number of methoxy groups -OCH3 is 1. The van der Waals surface area contributed by atoms with Crippen molar-refractivity contribution in [1.82, 2.24) is 4.98 Å². The molecule has 0 aliphatic carbocycles. The average Bonchev–Trinajstić information content (AvgIpc) is 2.94. The minimum Gasteiger partial charge on any atom is -0.495 e. The number of rotatable bonds is 4. The van der Waals surface area contributed by atoms with Crippen LogP contribution in [0.2, 0.25) is 10.0 Å². The molecule has 0 aliphatic heterocycles. The molecule has 128 valence electrons. The lowest BCUT2D eigenvalue weighted by molar-refractivity contribution is -0.384. The molecular weight excluding hydrogens is 389 g/mol. The van der Waals surface area contributed by atoms with Gasteiger partial charge in [-0.15, -0.1) is 0 Å². The SMILES string of the molecule is COc1cc2sc(NC(=O)c3ccc([N+](=O)[O-])cc3Cl)nc2cc1Cl. The molecule has 2 aromatic carbocycles. The number of aromatic nitrogens is 1. The lowest BCUT2D eigenvalue weighted by Gasteiger charge is -2.03. The summed E-state index contributed by atoms with van der Waals surface area (Å²) in [6.45, 7) is 0. The number of ether oxygens (including phenoxy) is 1. The molecule has 0 saturated heterocycles. The summed E-state index contributed by atoms with van der Waals surface area (Å²) in [5.74, 6) is -0.00822. The standard InChI is InChI=1S/C15H9Cl2N3O4S/c1-24-12-6-13-11(5-10(12)17)18-15(25-13)19-14(21)8-3-2-7(20(22)23)4-9(8)16/h2-6H,1H3,(H,18,19,21). The highest BCUT2D eigenvalue weighted by molar-refractivity contribution is 7.22. The molecule has 0 unspecified atom stereocenters. The van der Waals surface area contributed by atoms with Gasteiger partial charge in [0, 0.05) is 18.2 Å². The number of halogens is 2. The van der Waals surface area contributed by atoms with Crippen LogP contribution in [0.3, 0.4) is 0 Å². The summed E-state index contributed by atoms with van der Waals surface area (Å²) < 4.78 is 5.93. The van der Waals surface area contributed by atoms with Crippen molar-refractivity contribution in [3.63, 3.8) is 0 Å². The number of nitro benzene ring substituents is 1. The third-order valence-corrected chi connectivity index (χ3v) is 4.83. The Labute approximate surface area is 155 Å². The highest BCUT2D eigenvalue weighted by Gasteiger charge is 2.17. The Morgan fingerprint density at radius 3 is 2.68 bits per heavy atom. The number of carbonyl (C=O) groups is 1. The van der Waals surface area contributed by atoms with Crippen molar-refractivity contribution in [3.05, 3.63) is 56.1 Å². The van der Waals surface area contributed by atoms with Gasteiger partial charge in [-0.3, -0.25) is 20.2 Å². The minimum absolute atomic E-state index is 0.0162. The molecule has 3 rings (SSSR count). The number of fused-ring (bicyclic) bond motifs is 1. The van der Waals surface area contributed by atoms with E-state index in [4.69, 9.17) is 27.9 Å². The lowest BCUT2D eigenvalue weighted by Crippen LogP contribution is -2.12. The van der Waals surface area contributed by atoms with Gasteiger partial charge in [0.15, 0.2) is 5.13 Å². The summed E-state index contributed by atoms with van der Waals surface area (Å²) >= 11 is 13.3. The Hall–Kier alpha value is -2.42. The van der Waals surface area contributed by atoms with Crippen molar-refractivity contribution in [3.8, 4) is 5.75 Å². The van der Waals surface area contributed by atoms with Crippen LogP contribution in [-0.2, 0) is 0 Å². The second-order valence-electron chi connectivity index (χ2n) is 4.85. The largest absolute Gasteiger partial charge is 0.495 e. The Bertz CT molecular complexity index is 1010. The van der Waals surface area contributed by atoms with Crippen LogP contribution < -0.4 is 10.1 Å². The molecule has 10 heteroatoms. The molecule has 0 atom stereocenters. The molecule has 1 heterocycles. The normalized spacial score (nSPS) is 10.7. The quantitative estimate of drug-likeness (QED) is 0.505. The van der Waals surface area contributed by atoms with Crippen molar-refractivity contribution in [2.75, 3.05) is 12.4 Å². The van der Waals surface area contributed by atoms with Crippen molar-refractivity contribution >= 4 is 61.5 Å². The summed E-state index contributed by atoms with van der Waals surface area (Å²) in [7, 11) is 1.51. The molecule has 0 aliphatic rings. The monoisotopic (exact) mass is 397 g/mol. The van der Waals surface area contributed by atoms with Crippen LogP contribution in [0.1, 0.15) is 10.4 Å². The second kappa shape index (κ2) is 6.83. The summed E-state index contributed by atoms with van der Waals surface area (Å²) in [5, 5.41) is 14.1. The van der Waals surface area contributed by atoms with Gasteiger partial charge < -0.3 is 4.74 Å². The summed E-state index contributed by atoms with van der Waals surface area (Å²) in [5.41, 5.74) is 0.534. The number of non-ortho nitro benzene ring substituents is 1. The highest BCUT2D eigenvalue weighted by atomic mass is 35.5. The molecule has 1 amide bonds. The number of hydrogen-bond donors (Lipinski definition) is 1. The van der Waals surface area contributed by atoms with Crippen molar-refractivity contribution in [2.24, 2.45) is 0 Å². The molecule has 0 radical (unpaired) electrons. The van der Waals surface area contributed by atoms with Crippen LogP contribution in [0, 0.1) is 10.1 Å². The van der Waals surface area contributed by atoms with Gasteiger partial charge in [0.2, 0.25) is 0 Å². The minimum atomic E-state index is -0.585. The van der Waals surface area contributed by atoms with Crippen LogP contribution in [0.15, 0.2) is 30.3 Å². The third kappa shape index (κ3) is 3.51. The van der Waals surface area contributed by atoms with Crippen molar-refractivity contribution in [1.29, 1.82) is 0 Å². The molecular formula is C15H9Cl2N3O4S. The highest BCUT2D eigenvalue weighted by Crippen LogP contribution is 2.34. The zero-order valence-corrected chi connectivity index (χ0v) is 14.9. The van der Waals surface area contributed by atoms with E-state index in [0.717, 1.165) is 10.8 Å². The van der Waals surface area contributed by atoms with Crippen LogP contribution in [-0.4, -0.2) is 22.9 Å². The number of nitrogens with zero attached hydrogens (tertiary/aromatic N) is 2. The maximum atomic E-state index is 12.3. The van der Waals surface area contributed by atoms with Gasteiger partial charge in [0.1, 0.15) is 5.75 Å². The van der Waals surface area contributed by atoms with Crippen molar-refractivity contribution in [2.45, 2.75) is 0 Å². The number of thiazole rings is 1. The maximum absolute atomic E-state index is 12.3. The van der Waals surface area contributed by atoms with Gasteiger partial charge in [-0.05, 0) is 12.1 Å². The molecule has 0 spiro atoms. The first-order valence-electron chi connectivity index (χ1n) is 6.78. The predicted molar refractivity (Wildman–Crippen MR) is 97.2 cm³/mol. The van der Waals surface area contributed by atoms with Gasteiger partial charge in [0.05, 0.1) is 37.9 Å². The van der Waals surface area contributed by atoms with Crippen LogP contribution in [0.4, 0.5) is 10.8 Å². The first-order valence-corrected chi connectivity index (χ1v) is 8.35. The zero-order valence-electron chi connectivity index (χ0n) is 12.6. The van der Waals surface area contributed by atoms with E-state index in [-0.39, 0.29) is 16.3 Å². The van der Waals surface area contributed by atoms with Gasteiger partial charge >= 0.3 is 0 Å². The zero-order chi connectivity index (χ0) is 18.1. The molecule has 3 aromatic rings. The molecule has 0 fully saturated rings. The fourth-order valence-electron chi connectivity index (χ4n) is 2.11. The van der Waals surface area contributed by atoms with E-state index in [9.17, 15) is 14.9 Å². The molecule has 0 saturated carbocycles. The van der Waals surface area contributed by atoms with E-state index in [1.807, 2.05) is 0 Å². The fraction of sp³-hybridized carbons (Fsp3) is 0.0667. The van der Waals surface area contributed by atoms with Crippen LogP contribution in [0.5, 0.6) is 5.75 Å². The molecule has 25 heavy (non-hydrogen) atoms. The van der Waals surface area contributed by atoms with E-state index >= 15 is 0 Å². The number of hydrogen-bond acceptors (Lipinski definition) is 6. The Morgan fingerprint density at radius 2 is 2.04 bits per heavy atom. The summed E-state index contributed by atoms with van der Waals surface area (Å²) in [4.78, 5) is 26.8. The van der Waals surface area contributed by atoms with E-state index in [1.165, 1.54) is 30.6 Å². The van der Waals surface area contributed by atoms with E-state index in [0.29, 0.717) is 21.4 Å². The van der Waals surface area contributed by atoms with Gasteiger partial charge in [-0.2, -0.15) is 0 Å². The Morgan fingerprint density at radius 1 is 1.28 bits per heavy atom. The van der Waals surface area contributed by atoms with E-state index < -0.39 is 10.8 Å². The third-order valence-electron chi connectivity index (χ3n) is 3.29. The number of nitrogens with one attached hydrogen (secondary N) is 1. The first-order chi connectivity index (χ1) is 11.9. The maximum Gasteiger partial charge on any atom is 0.270 e. The molecule has 0 bridgehead atoms. The van der Waals surface area contributed by atoms with Crippen molar-refractivity contribution < 1.29 is 14.5 Å². The van der Waals surface area contributed by atoms with Gasteiger partial charge in [-0.1, -0.05) is 34.5 Å². The van der Waals surface area contributed by atoms with Gasteiger partial charge in [0.25, 0.3) is 11.6 Å². The molecule has 1 N–H and O–H groups in total. The number of benzene rings is 2. The van der Waals surface area contributed by atoms with Gasteiger partial charge in [-0.25, -0.2) is 4.98 Å².